The van der Waals surface area contributed by atoms with Gasteiger partial charge in [0.1, 0.15) is 5.82 Å². The van der Waals surface area contributed by atoms with E-state index in [9.17, 15) is 13.2 Å². The van der Waals surface area contributed by atoms with Crippen molar-refractivity contribution in [2.75, 3.05) is 6.54 Å². The topological polar surface area (TPSA) is 26.0 Å². The summed E-state index contributed by atoms with van der Waals surface area (Å²) in [7, 11) is 0. The van der Waals surface area contributed by atoms with Gasteiger partial charge >= 0.3 is 0 Å². The van der Waals surface area contributed by atoms with Crippen LogP contribution in [0, 0.1) is 29.3 Å². The maximum Gasteiger partial charge on any atom is 0.161 e. The first-order valence-corrected chi connectivity index (χ1v) is 3.98. The lowest BCUT2D eigenvalue weighted by Gasteiger charge is -1.96. The monoisotopic (exact) mass is 199 g/mol. The first-order chi connectivity index (χ1) is 6.65. The molecule has 0 atom stereocenters. The molecular formula is C10H8F3N. The van der Waals surface area contributed by atoms with Crippen molar-refractivity contribution in [3.63, 3.8) is 0 Å². The molecule has 14 heavy (non-hydrogen) atoms. The quantitative estimate of drug-likeness (QED) is 0.541. The first kappa shape index (κ1) is 10.6. The number of benzene rings is 1. The molecule has 0 radical (unpaired) electrons. The Hall–Kier alpha value is -1.47. The zero-order valence-electron chi connectivity index (χ0n) is 7.28. The molecule has 0 aromatic heterocycles. The molecule has 0 spiro atoms. The zero-order valence-corrected chi connectivity index (χ0v) is 7.28. The van der Waals surface area contributed by atoms with Crippen LogP contribution in [0.4, 0.5) is 13.2 Å². The van der Waals surface area contributed by atoms with Crippen molar-refractivity contribution in [2.45, 2.75) is 6.42 Å². The van der Waals surface area contributed by atoms with Crippen molar-refractivity contribution in [3.05, 3.63) is 35.1 Å². The molecule has 0 saturated carbocycles. The predicted molar refractivity (Wildman–Crippen MR) is 46.9 cm³/mol. The van der Waals surface area contributed by atoms with E-state index in [1.165, 1.54) is 0 Å². The molecule has 0 aliphatic rings. The van der Waals surface area contributed by atoms with Gasteiger partial charge in [0.25, 0.3) is 0 Å². The molecule has 1 aromatic rings. The van der Waals surface area contributed by atoms with Gasteiger partial charge in [0.2, 0.25) is 0 Å². The largest absolute Gasteiger partial charge is 0.330 e. The van der Waals surface area contributed by atoms with Gasteiger partial charge in [0, 0.05) is 19.0 Å². The summed E-state index contributed by atoms with van der Waals surface area (Å²) in [6.07, 6.45) is 0.387. The van der Waals surface area contributed by atoms with E-state index in [0.29, 0.717) is 19.0 Å². The average Bonchev–Trinajstić information content (AvgIpc) is 2.14. The van der Waals surface area contributed by atoms with Gasteiger partial charge in [-0.1, -0.05) is 11.8 Å². The van der Waals surface area contributed by atoms with Gasteiger partial charge in [-0.3, -0.25) is 0 Å². The predicted octanol–water partition coefficient (Wildman–Crippen LogP) is 1.80. The summed E-state index contributed by atoms with van der Waals surface area (Å²) < 4.78 is 38.0. The highest BCUT2D eigenvalue weighted by Crippen LogP contribution is 2.12. The molecular weight excluding hydrogens is 191 g/mol. The minimum atomic E-state index is -1.22. The maximum absolute atomic E-state index is 12.9. The maximum atomic E-state index is 12.9. The standard InChI is InChI=1S/C10H8F3N/c11-8-6-10(13)9(12)5-7(8)3-1-2-4-14/h5-6H,2,4,14H2. The van der Waals surface area contributed by atoms with Gasteiger partial charge in [-0.05, 0) is 6.07 Å². The molecule has 0 fully saturated rings. The molecule has 0 saturated heterocycles. The summed E-state index contributed by atoms with van der Waals surface area (Å²) in [5.41, 5.74) is 5.00. The zero-order chi connectivity index (χ0) is 10.6. The van der Waals surface area contributed by atoms with Crippen LogP contribution in [0.2, 0.25) is 0 Å². The molecule has 0 aliphatic carbocycles. The molecule has 4 heteroatoms. The van der Waals surface area contributed by atoms with Gasteiger partial charge in [0.05, 0.1) is 5.56 Å². The fraction of sp³-hybridized carbons (Fsp3) is 0.200. The molecule has 0 amide bonds. The molecule has 1 nitrogen and oxygen atoms in total. The molecule has 1 aromatic carbocycles. The van der Waals surface area contributed by atoms with E-state index in [1.807, 2.05) is 0 Å². The van der Waals surface area contributed by atoms with Crippen molar-refractivity contribution < 1.29 is 13.2 Å². The highest BCUT2D eigenvalue weighted by atomic mass is 19.2. The van der Waals surface area contributed by atoms with Gasteiger partial charge in [-0.2, -0.15) is 0 Å². The van der Waals surface area contributed by atoms with Gasteiger partial charge in [-0.15, -0.1) is 0 Å². The Morgan fingerprint density at radius 2 is 1.71 bits per heavy atom. The lowest BCUT2D eigenvalue weighted by molar-refractivity contribution is 0.494. The Morgan fingerprint density at radius 1 is 1.07 bits per heavy atom. The minimum absolute atomic E-state index is 0.155. The molecule has 0 bridgehead atoms. The third-order valence-corrected chi connectivity index (χ3v) is 1.50. The van der Waals surface area contributed by atoms with Crippen molar-refractivity contribution in [2.24, 2.45) is 5.73 Å². The number of hydrogen-bond donors (Lipinski definition) is 1. The summed E-state index contributed by atoms with van der Waals surface area (Å²) in [6, 6.07) is 1.20. The van der Waals surface area contributed by atoms with Crippen LogP contribution < -0.4 is 5.73 Å². The van der Waals surface area contributed by atoms with E-state index in [0.717, 1.165) is 6.07 Å². The molecule has 0 heterocycles. The number of hydrogen-bond acceptors (Lipinski definition) is 1. The lowest BCUT2D eigenvalue weighted by Crippen LogP contribution is -1.96. The van der Waals surface area contributed by atoms with E-state index in [2.05, 4.69) is 11.8 Å². The van der Waals surface area contributed by atoms with Crippen molar-refractivity contribution in [1.82, 2.24) is 0 Å². The normalized spacial score (nSPS) is 9.43. The first-order valence-electron chi connectivity index (χ1n) is 3.98. The van der Waals surface area contributed by atoms with E-state index in [1.54, 1.807) is 0 Å². The van der Waals surface area contributed by atoms with E-state index >= 15 is 0 Å². The fourth-order valence-corrected chi connectivity index (χ4v) is 0.848. The summed E-state index contributed by atoms with van der Waals surface area (Å²) in [5, 5.41) is 0. The molecule has 0 aliphatic heterocycles. The third-order valence-electron chi connectivity index (χ3n) is 1.50. The van der Waals surface area contributed by atoms with Crippen LogP contribution in [0.1, 0.15) is 12.0 Å². The van der Waals surface area contributed by atoms with Gasteiger partial charge in [-0.25, -0.2) is 13.2 Å². The SMILES string of the molecule is NCCC#Cc1cc(F)c(F)cc1F. The molecule has 74 valence electrons. The summed E-state index contributed by atoms with van der Waals surface area (Å²) in [5.74, 6) is 1.71. The Labute approximate surface area is 79.7 Å². The smallest absolute Gasteiger partial charge is 0.161 e. The Morgan fingerprint density at radius 3 is 2.36 bits per heavy atom. The van der Waals surface area contributed by atoms with E-state index in [-0.39, 0.29) is 5.56 Å². The Kier molecular flexibility index (Phi) is 3.55. The third kappa shape index (κ3) is 2.51. The van der Waals surface area contributed by atoms with Crippen LogP contribution in [0.3, 0.4) is 0 Å². The summed E-state index contributed by atoms with van der Waals surface area (Å²) >= 11 is 0. The van der Waals surface area contributed by atoms with Crippen LogP contribution >= 0.6 is 0 Å². The average molecular weight is 199 g/mol. The second-order valence-electron chi connectivity index (χ2n) is 2.59. The van der Waals surface area contributed by atoms with Crippen LogP contribution in [-0.4, -0.2) is 6.54 Å². The molecule has 1 rings (SSSR count). The van der Waals surface area contributed by atoms with Crippen molar-refractivity contribution in [3.8, 4) is 11.8 Å². The Bertz CT molecular complexity index is 390. The molecule has 2 N–H and O–H groups in total. The lowest BCUT2D eigenvalue weighted by atomic mass is 10.2. The van der Waals surface area contributed by atoms with Crippen molar-refractivity contribution in [1.29, 1.82) is 0 Å². The van der Waals surface area contributed by atoms with Crippen LogP contribution in [0.5, 0.6) is 0 Å². The minimum Gasteiger partial charge on any atom is -0.330 e. The molecule has 0 unspecified atom stereocenters. The summed E-state index contributed by atoms with van der Waals surface area (Å²) in [4.78, 5) is 0. The van der Waals surface area contributed by atoms with Gasteiger partial charge < -0.3 is 5.73 Å². The fourth-order valence-electron chi connectivity index (χ4n) is 0.848. The number of nitrogens with two attached hydrogens (primary N) is 1. The van der Waals surface area contributed by atoms with Crippen LogP contribution in [0.15, 0.2) is 12.1 Å². The van der Waals surface area contributed by atoms with E-state index in [4.69, 9.17) is 5.73 Å². The highest BCUT2D eigenvalue weighted by molar-refractivity contribution is 5.36. The Balaban J connectivity index is 3.00. The summed E-state index contributed by atoms with van der Waals surface area (Å²) in [6.45, 7) is 0.346. The van der Waals surface area contributed by atoms with Crippen LogP contribution in [-0.2, 0) is 0 Å². The second kappa shape index (κ2) is 4.68. The second-order valence-corrected chi connectivity index (χ2v) is 2.59. The number of halogens is 3. The van der Waals surface area contributed by atoms with Crippen LogP contribution in [0.25, 0.3) is 0 Å². The number of rotatable bonds is 1. The van der Waals surface area contributed by atoms with Gasteiger partial charge in [0.15, 0.2) is 11.6 Å². The van der Waals surface area contributed by atoms with E-state index < -0.39 is 17.5 Å². The highest BCUT2D eigenvalue weighted by Gasteiger charge is 2.07. The van der Waals surface area contributed by atoms with Crippen molar-refractivity contribution >= 4 is 0 Å².